The number of aliphatic hydroxyl groups is 1. The smallest absolute Gasteiger partial charge is 0.115 e. The fourth-order valence-corrected chi connectivity index (χ4v) is 3.34. The first-order chi connectivity index (χ1) is 9.00. The lowest BCUT2D eigenvalue weighted by Crippen LogP contribution is -2.52. The average Bonchev–Trinajstić information content (AvgIpc) is 2.34. The molecule has 0 aliphatic heterocycles. The van der Waals surface area contributed by atoms with Gasteiger partial charge in [-0.25, -0.2) is 0 Å². The van der Waals surface area contributed by atoms with E-state index in [0.29, 0.717) is 0 Å². The second kappa shape index (κ2) is 4.36. The van der Waals surface area contributed by atoms with E-state index < -0.39 is 6.10 Å². The molecule has 110 valence electrons. The molecule has 1 aliphatic rings. The Kier molecular flexibility index (Phi) is 3.29. The summed E-state index contributed by atoms with van der Waals surface area (Å²) in [6.45, 7) is 12.8. The fourth-order valence-electron chi connectivity index (χ4n) is 3.34. The van der Waals surface area contributed by atoms with Gasteiger partial charge < -0.3 is 10.2 Å². The van der Waals surface area contributed by atoms with Gasteiger partial charge in [0.25, 0.3) is 0 Å². The lowest BCUT2D eigenvalue weighted by Gasteiger charge is -2.55. The fraction of sp³-hybridized carbons (Fsp3) is 0.556. The molecule has 0 saturated carbocycles. The molecule has 0 aromatic heterocycles. The van der Waals surface area contributed by atoms with Crippen LogP contribution in [0.15, 0.2) is 30.3 Å². The summed E-state index contributed by atoms with van der Waals surface area (Å²) in [6.07, 6.45) is 1.79. The summed E-state index contributed by atoms with van der Waals surface area (Å²) < 4.78 is 0. The van der Waals surface area contributed by atoms with Crippen LogP contribution < -0.4 is 0 Å². The van der Waals surface area contributed by atoms with Crippen LogP contribution in [0.1, 0.15) is 47.1 Å². The zero-order valence-electron chi connectivity index (χ0n) is 13.4. The van der Waals surface area contributed by atoms with Crippen molar-refractivity contribution in [1.29, 1.82) is 0 Å². The van der Waals surface area contributed by atoms with E-state index >= 15 is 0 Å². The molecule has 0 bridgehead atoms. The highest BCUT2D eigenvalue weighted by Gasteiger charge is 2.53. The third kappa shape index (κ3) is 2.07. The lowest BCUT2D eigenvalue weighted by molar-refractivity contribution is -0.0725. The molecule has 1 unspecified atom stereocenters. The summed E-state index contributed by atoms with van der Waals surface area (Å²) in [4.78, 5) is 0. The molecule has 0 radical (unpaired) electrons. The second-order valence-electron chi connectivity index (χ2n) is 7.68. The van der Waals surface area contributed by atoms with Crippen molar-refractivity contribution >= 4 is 5.57 Å². The Bertz CT molecular complexity index is 533. The summed E-state index contributed by atoms with van der Waals surface area (Å²) in [6, 6.07) is 7.34. The first-order valence-electron chi connectivity index (χ1n) is 7.21. The van der Waals surface area contributed by atoms with Gasteiger partial charge in [-0.3, -0.25) is 0 Å². The van der Waals surface area contributed by atoms with Gasteiger partial charge in [-0.2, -0.15) is 0 Å². The molecule has 0 fully saturated rings. The maximum absolute atomic E-state index is 10.7. The van der Waals surface area contributed by atoms with Crippen LogP contribution in [0.4, 0.5) is 0 Å². The van der Waals surface area contributed by atoms with Crippen LogP contribution in [0.25, 0.3) is 5.57 Å². The molecular weight excluding hydrogens is 248 g/mol. The van der Waals surface area contributed by atoms with Crippen molar-refractivity contribution in [2.24, 2.45) is 16.2 Å². The standard InChI is InChI=1S/C18H26O2/c1-16(2)11-14(12-7-9-13(19)10-8-12)17(3,4)18(5,6)15(16)20/h7-11,15,19-20H,1-6H3. The van der Waals surface area contributed by atoms with E-state index in [0.717, 1.165) is 5.56 Å². The summed E-state index contributed by atoms with van der Waals surface area (Å²) in [5.74, 6) is 0.279. The predicted molar refractivity (Wildman–Crippen MR) is 83.4 cm³/mol. The molecule has 1 aromatic carbocycles. The first kappa shape index (κ1) is 15.1. The highest BCUT2D eigenvalue weighted by Crippen LogP contribution is 2.58. The quantitative estimate of drug-likeness (QED) is 0.804. The van der Waals surface area contributed by atoms with Gasteiger partial charge in [0, 0.05) is 10.8 Å². The zero-order chi connectivity index (χ0) is 15.3. The Hall–Kier alpha value is -1.28. The minimum absolute atomic E-state index is 0.154. The van der Waals surface area contributed by atoms with Crippen LogP contribution in [0.5, 0.6) is 5.75 Å². The Morgan fingerprint density at radius 3 is 1.90 bits per heavy atom. The van der Waals surface area contributed by atoms with Crippen LogP contribution in [0.3, 0.4) is 0 Å². The van der Waals surface area contributed by atoms with Crippen LogP contribution in [0, 0.1) is 16.2 Å². The van der Waals surface area contributed by atoms with E-state index in [1.807, 2.05) is 12.1 Å². The molecule has 0 saturated heterocycles. The molecule has 2 nitrogen and oxygen atoms in total. The van der Waals surface area contributed by atoms with E-state index in [9.17, 15) is 10.2 Å². The molecule has 2 rings (SSSR count). The van der Waals surface area contributed by atoms with Crippen molar-refractivity contribution in [3.8, 4) is 5.75 Å². The van der Waals surface area contributed by atoms with Crippen LogP contribution in [-0.4, -0.2) is 16.3 Å². The number of rotatable bonds is 1. The monoisotopic (exact) mass is 274 g/mol. The number of aromatic hydroxyl groups is 1. The molecule has 0 heterocycles. The summed E-state index contributed by atoms with van der Waals surface area (Å²) in [7, 11) is 0. The highest BCUT2D eigenvalue weighted by molar-refractivity contribution is 5.73. The molecule has 20 heavy (non-hydrogen) atoms. The van der Waals surface area contributed by atoms with E-state index in [1.54, 1.807) is 12.1 Å². The number of aliphatic hydroxyl groups excluding tert-OH is 1. The van der Waals surface area contributed by atoms with Crippen molar-refractivity contribution in [2.75, 3.05) is 0 Å². The number of phenols is 1. The van der Waals surface area contributed by atoms with E-state index in [-0.39, 0.29) is 22.0 Å². The molecule has 1 atom stereocenters. The molecule has 2 N–H and O–H groups in total. The SMILES string of the molecule is CC1(C)C=C(c2ccc(O)cc2)C(C)(C)C(C)(C)C1O. The normalized spacial score (nSPS) is 26.9. The highest BCUT2D eigenvalue weighted by atomic mass is 16.3. The molecule has 1 aromatic rings. The molecular formula is C18H26O2. The molecule has 0 spiro atoms. The Balaban J connectivity index is 2.64. The van der Waals surface area contributed by atoms with Gasteiger partial charge in [-0.05, 0) is 28.7 Å². The van der Waals surface area contributed by atoms with E-state index in [2.05, 4.69) is 47.6 Å². The second-order valence-corrected chi connectivity index (χ2v) is 7.68. The average molecular weight is 274 g/mol. The van der Waals surface area contributed by atoms with Gasteiger partial charge in [0.05, 0.1) is 6.10 Å². The van der Waals surface area contributed by atoms with Gasteiger partial charge in [-0.15, -0.1) is 0 Å². The zero-order valence-corrected chi connectivity index (χ0v) is 13.4. The maximum atomic E-state index is 10.7. The Labute approximate surface area is 122 Å². The Morgan fingerprint density at radius 2 is 1.40 bits per heavy atom. The molecule has 0 amide bonds. The predicted octanol–water partition coefficient (Wildman–Crippen LogP) is 4.23. The summed E-state index contributed by atoms with van der Waals surface area (Å²) in [5.41, 5.74) is 1.68. The van der Waals surface area contributed by atoms with Crippen molar-refractivity contribution in [1.82, 2.24) is 0 Å². The number of benzene rings is 1. The van der Waals surface area contributed by atoms with Crippen LogP contribution in [0.2, 0.25) is 0 Å². The van der Waals surface area contributed by atoms with Crippen molar-refractivity contribution in [2.45, 2.75) is 47.6 Å². The van der Waals surface area contributed by atoms with Crippen molar-refractivity contribution in [3.63, 3.8) is 0 Å². The van der Waals surface area contributed by atoms with Gasteiger partial charge in [0.15, 0.2) is 0 Å². The lowest BCUT2D eigenvalue weighted by atomic mass is 9.51. The van der Waals surface area contributed by atoms with E-state index in [1.165, 1.54) is 5.57 Å². The van der Waals surface area contributed by atoms with E-state index in [4.69, 9.17) is 0 Å². The van der Waals surface area contributed by atoms with Gasteiger partial charge in [-0.1, -0.05) is 59.8 Å². The minimum Gasteiger partial charge on any atom is -0.508 e. The number of allylic oxidation sites excluding steroid dienone is 1. The van der Waals surface area contributed by atoms with Gasteiger partial charge in [0.2, 0.25) is 0 Å². The number of hydrogen-bond acceptors (Lipinski definition) is 2. The topological polar surface area (TPSA) is 40.5 Å². The number of phenolic OH excluding ortho intramolecular Hbond substituents is 1. The summed E-state index contributed by atoms with van der Waals surface area (Å²) >= 11 is 0. The first-order valence-corrected chi connectivity index (χ1v) is 7.21. The van der Waals surface area contributed by atoms with Crippen molar-refractivity contribution < 1.29 is 10.2 Å². The van der Waals surface area contributed by atoms with Gasteiger partial charge >= 0.3 is 0 Å². The van der Waals surface area contributed by atoms with Crippen LogP contribution >= 0.6 is 0 Å². The maximum Gasteiger partial charge on any atom is 0.115 e. The minimum atomic E-state index is -0.397. The molecule has 2 heteroatoms. The largest absolute Gasteiger partial charge is 0.508 e. The van der Waals surface area contributed by atoms with Crippen LogP contribution in [-0.2, 0) is 0 Å². The third-order valence-corrected chi connectivity index (χ3v) is 5.37. The summed E-state index contributed by atoms with van der Waals surface area (Å²) in [5, 5.41) is 20.2. The molecule has 1 aliphatic carbocycles. The third-order valence-electron chi connectivity index (χ3n) is 5.37. The number of hydrogen-bond donors (Lipinski definition) is 2. The van der Waals surface area contributed by atoms with Crippen molar-refractivity contribution in [3.05, 3.63) is 35.9 Å². The Morgan fingerprint density at radius 1 is 0.900 bits per heavy atom. The van der Waals surface area contributed by atoms with Gasteiger partial charge in [0.1, 0.15) is 5.75 Å².